The van der Waals surface area contributed by atoms with Crippen molar-refractivity contribution in [3.8, 4) is 0 Å². The normalized spacial score (nSPS) is 18.5. The summed E-state index contributed by atoms with van der Waals surface area (Å²) in [5.74, 6) is -1.16. The van der Waals surface area contributed by atoms with E-state index in [4.69, 9.17) is 0 Å². The molecule has 7 heteroatoms. The first-order chi connectivity index (χ1) is 11.5. The van der Waals surface area contributed by atoms with E-state index in [1.54, 1.807) is 23.1 Å². The molecule has 0 radical (unpaired) electrons. The molecule has 1 aliphatic heterocycles. The number of rotatable bonds is 3. The maximum atomic E-state index is 14.0. The van der Waals surface area contributed by atoms with Crippen LogP contribution in [-0.2, 0) is 11.3 Å². The van der Waals surface area contributed by atoms with Crippen molar-refractivity contribution < 1.29 is 13.6 Å². The Bertz CT molecular complexity index is 705. The summed E-state index contributed by atoms with van der Waals surface area (Å²) in [6.45, 7) is 3.82. The number of benzene rings is 1. The zero-order valence-electron chi connectivity index (χ0n) is 13.5. The van der Waals surface area contributed by atoms with Crippen LogP contribution in [-0.4, -0.2) is 46.3 Å². The lowest BCUT2D eigenvalue weighted by Crippen LogP contribution is -2.41. The second-order valence-electron chi connectivity index (χ2n) is 6.01. The summed E-state index contributed by atoms with van der Waals surface area (Å²) < 4.78 is 28.7. The van der Waals surface area contributed by atoms with Gasteiger partial charge in [0.25, 0.3) is 0 Å². The molecule has 128 valence electrons. The van der Waals surface area contributed by atoms with Crippen molar-refractivity contribution in [3.63, 3.8) is 0 Å². The molecule has 0 saturated carbocycles. The van der Waals surface area contributed by atoms with E-state index in [1.807, 2.05) is 16.7 Å². The van der Waals surface area contributed by atoms with Crippen molar-refractivity contribution in [1.29, 1.82) is 0 Å². The van der Waals surface area contributed by atoms with Crippen molar-refractivity contribution in [3.05, 3.63) is 48.3 Å². The molecule has 0 aliphatic carbocycles. The summed E-state index contributed by atoms with van der Waals surface area (Å²) >= 11 is 0. The summed E-state index contributed by atoms with van der Waals surface area (Å²) in [6, 6.07) is 5.44. The van der Waals surface area contributed by atoms with E-state index in [9.17, 15) is 13.6 Å². The third kappa shape index (κ3) is 3.55. The topological polar surface area (TPSA) is 41.4 Å². The van der Waals surface area contributed by atoms with Crippen LogP contribution in [0.5, 0.6) is 0 Å². The number of nitrogens with zero attached hydrogens (tertiary/aromatic N) is 4. The van der Waals surface area contributed by atoms with E-state index in [0.29, 0.717) is 25.3 Å². The predicted octanol–water partition coefficient (Wildman–Crippen LogP) is 2.29. The van der Waals surface area contributed by atoms with Crippen LogP contribution in [0.4, 0.5) is 14.5 Å². The van der Waals surface area contributed by atoms with Crippen LogP contribution in [0.1, 0.15) is 13.3 Å². The fraction of sp³-hybridized carbons (Fsp3) is 0.412. The third-order valence-corrected chi connectivity index (χ3v) is 4.39. The summed E-state index contributed by atoms with van der Waals surface area (Å²) in [5.41, 5.74) is 0.380. The van der Waals surface area contributed by atoms with Crippen molar-refractivity contribution in [2.75, 3.05) is 24.5 Å². The fourth-order valence-electron chi connectivity index (χ4n) is 3.03. The molecule has 1 aromatic heterocycles. The lowest BCUT2D eigenvalue weighted by Gasteiger charge is -2.27. The Morgan fingerprint density at radius 2 is 2.12 bits per heavy atom. The van der Waals surface area contributed by atoms with Crippen molar-refractivity contribution in [2.24, 2.45) is 0 Å². The third-order valence-electron chi connectivity index (χ3n) is 4.39. The Hall–Kier alpha value is -2.44. The number of hydrogen-bond donors (Lipinski definition) is 0. The Balaban J connectivity index is 1.69. The molecule has 0 bridgehead atoms. The summed E-state index contributed by atoms with van der Waals surface area (Å²) in [5, 5.41) is 4.06. The number of amides is 1. The molecule has 1 atom stereocenters. The van der Waals surface area contributed by atoms with E-state index >= 15 is 0 Å². The van der Waals surface area contributed by atoms with Gasteiger partial charge in [0.05, 0.1) is 5.69 Å². The first kappa shape index (κ1) is 16.4. The van der Waals surface area contributed by atoms with Crippen LogP contribution >= 0.6 is 0 Å². The number of hydrogen-bond acceptors (Lipinski definition) is 3. The molecule has 1 unspecified atom stereocenters. The van der Waals surface area contributed by atoms with Crippen LogP contribution in [0.3, 0.4) is 0 Å². The van der Waals surface area contributed by atoms with Crippen molar-refractivity contribution >= 4 is 11.6 Å². The summed E-state index contributed by atoms with van der Waals surface area (Å²) in [7, 11) is 0. The van der Waals surface area contributed by atoms with E-state index in [0.717, 1.165) is 12.5 Å². The highest BCUT2D eigenvalue weighted by Crippen LogP contribution is 2.23. The SMILES string of the molecule is CC1CCN(c2ccc(F)cc2F)CCN1C(=O)Cn1cccn1. The van der Waals surface area contributed by atoms with E-state index in [1.165, 1.54) is 12.1 Å². The minimum Gasteiger partial charge on any atom is -0.367 e. The minimum absolute atomic E-state index is 0.00683. The van der Waals surface area contributed by atoms with Crippen LogP contribution in [0.2, 0.25) is 0 Å². The van der Waals surface area contributed by atoms with Crippen LogP contribution in [0.25, 0.3) is 0 Å². The highest BCUT2D eigenvalue weighted by atomic mass is 19.1. The molecule has 1 aliphatic rings. The maximum Gasteiger partial charge on any atom is 0.244 e. The van der Waals surface area contributed by atoms with Gasteiger partial charge >= 0.3 is 0 Å². The van der Waals surface area contributed by atoms with Gasteiger partial charge in [-0.15, -0.1) is 0 Å². The van der Waals surface area contributed by atoms with Crippen molar-refractivity contribution in [1.82, 2.24) is 14.7 Å². The molecule has 1 fully saturated rings. The Morgan fingerprint density at radius 1 is 1.29 bits per heavy atom. The first-order valence-corrected chi connectivity index (χ1v) is 8.01. The highest BCUT2D eigenvalue weighted by molar-refractivity contribution is 5.76. The van der Waals surface area contributed by atoms with E-state index < -0.39 is 11.6 Å². The summed E-state index contributed by atoms with van der Waals surface area (Å²) in [6.07, 6.45) is 4.11. The number of carbonyl (C=O) groups is 1. The van der Waals surface area contributed by atoms with Gasteiger partial charge in [0, 0.05) is 44.1 Å². The number of anilines is 1. The molecule has 0 N–H and O–H groups in total. The predicted molar refractivity (Wildman–Crippen MR) is 86.6 cm³/mol. The lowest BCUT2D eigenvalue weighted by molar-refractivity contribution is -0.133. The zero-order chi connectivity index (χ0) is 17.1. The molecular formula is C17H20F2N4O. The first-order valence-electron chi connectivity index (χ1n) is 8.01. The average molecular weight is 334 g/mol. The molecule has 1 amide bonds. The molecule has 1 saturated heterocycles. The number of aromatic nitrogens is 2. The molecule has 2 heterocycles. The van der Waals surface area contributed by atoms with Crippen LogP contribution in [0.15, 0.2) is 36.7 Å². The van der Waals surface area contributed by atoms with Gasteiger partial charge in [-0.2, -0.15) is 5.10 Å². The van der Waals surface area contributed by atoms with Gasteiger partial charge in [-0.05, 0) is 31.5 Å². The molecule has 3 rings (SSSR count). The zero-order valence-corrected chi connectivity index (χ0v) is 13.5. The number of carbonyl (C=O) groups excluding carboxylic acids is 1. The number of halogens is 2. The van der Waals surface area contributed by atoms with E-state index in [-0.39, 0.29) is 18.5 Å². The molecule has 0 spiro atoms. The molecule has 5 nitrogen and oxygen atoms in total. The fourth-order valence-corrected chi connectivity index (χ4v) is 3.03. The second-order valence-corrected chi connectivity index (χ2v) is 6.01. The van der Waals surface area contributed by atoms with Gasteiger partial charge in [-0.25, -0.2) is 8.78 Å². The van der Waals surface area contributed by atoms with Crippen LogP contribution in [0, 0.1) is 11.6 Å². The van der Waals surface area contributed by atoms with Gasteiger partial charge in [-0.1, -0.05) is 0 Å². The average Bonchev–Trinajstić information content (AvgIpc) is 2.96. The minimum atomic E-state index is -0.588. The largest absolute Gasteiger partial charge is 0.367 e. The van der Waals surface area contributed by atoms with Gasteiger partial charge in [0.15, 0.2) is 0 Å². The standard InChI is InChI=1S/C17H20F2N4O/c1-13-5-8-21(16-4-3-14(18)11-15(16)19)9-10-23(13)17(24)12-22-7-2-6-20-22/h2-4,6-7,11,13H,5,8-10,12H2,1H3. The second kappa shape index (κ2) is 6.98. The van der Waals surface area contributed by atoms with E-state index in [2.05, 4.69) is 5.10 Å². The Morgan fingerprint density at radius 3 is 2.83 bits per heavy atom. The monoisotopic (exact) mass is 334 g/mol. The molecule has 2 aromatic rings. The molecule has 24 heavy (non-hydrogen) atoms. The van der Waals surface area contributed by atoms with Gasteiger partial charge in [0.1, 0.15) is 18.2 Å². The Labute approximate surface area is 139 Å². The highest BCUT2D eigenvalue weighted by Gasteiger charge is 2.26. The molecule has 1 aromatic carbocycles. The van der Waals surface area contributed by atoms with Crippen molar-refractivity contribution in [2.45, 2.75) is 25.9 Å². The smallest absolute Gasteiger partial charge is 0.244 e. The van der Waals surface area contributed by atoms with Gasteiger partial charge in [-0.3, -0.25) is 9.48 Å². The molecular weight excluding hydrogens is 314 g/mol. The van der Waals surface area contributed by atoms with Gasteiger partial charge in [0.2, 0.25) is 5.91 Å². The quantitative estimate of drug-likeness (QED) is 0.865. The summed E-state index contributed by atoms with van der Waals surface area (Å²) in [4.78, 5) is 16.2. The maximum absolute atomic E-state index is 14.0. The van der Waals surface area contributed by atoms with Gasteiger partial charge < -0.3 is 9.80 Å². The van der Waals surface area contributed by atoms with Crippen LogP contribution < -0.4 is 4.90 Å². The Kier molecular flexibility index (Phi) is 4.78. The lowest BCUT2D eigenvalue weighted by atomic mass is 10.2.